The van der Waals surface area contributed by atoms with Crippen molar-refractivity contribution < 1.29 is 14.3 Å². The summed E-state index contributed by atoms with van der Waals surface area (Å²) >= 11 is 3.20. The summed E-state index contributed by atoms with van der Waals surface area (Å²) in [4.78, 5) is 15.7. The quantitative estimate of drug-likeness (QED) is 0.896. The van der Waals surface area contributed by atoms with E-state index in [1.54, 1.807) is 12.1 Å². The van der Waals surface area contributed by atoms with Crippen LogP contribution in [0.15, 0.2) is 41.0 Å². The minimum Gasteiger partial charge on any atom is -0.507 e. The third-order valence-electron chi connectivity index (χ3n) is 2.19. The Bertz CT molecular complexity index is 567. The van der Waals surface area contributed by atoms with E-state index in [2.05, 4.69) is 26.2 Å². The second-order valence-electron chi connectivity index (χ2n) is 3.45. The first-order chi connectivity index (χ1) is 8.58. The zero-order chi connectivity index (χ0) is 13.1. The Hall–Kier alpha value is -1.95. The highest BCUT2D eigenvalue weighted by Gasteiger charge is 2.16. The molecular formula is C12H8BrFN2O2. The van der Waals surface area contributed by atoms with Crippen LogP contribution in [0.1, 0.15) is 10.4 Å². The number of halogens is 2. The predicted molar refractivity (Wildman–Crippen MR) is 68.0 cm³/mol. The van der Waals surface area contributed by atoms with Gasteiger partial charge in [-0.1, -0.05) is 6.07 Å². The van der Waals surface area contributed by atoms with E-state index in [1.165, 1.54) is 18.3 Å². The lowest BCUT2D eigenvalue weighted by atomic mass is 10.1. The molecule has 2 N–H and O–H groups in total. The SMILES string of the molecule is O=C(Nc1ccc(Br)cn1)c1c(O)cccc1F. The van der Waals surface area contributed by atoms with Gasteiger partial charge in [0.15, 0.2) is 0 Å². The van der Waals surface area contributed by atoms with E-state index < -0.39 is 23.0 Å². The Labute approximate surface area is 111 Å². The van der Waals surface area contributed by atoms with Crippen LogP contribution in [0.2, 0.25) is 0 Å². The summed E-state index contributed by atoms with van der Waals surface area (Å²) in [5, 5.41) is 11.9. The zero-order valence-electron chi connectivity index (χ0n) is 9.02. The van der Waals surface area contributed by atoms with Crippen LogP contribution < -0.4 is 5.32 Å². The van der Waals surface area contributed by atoms with Gasteiger partial charge in [0.25, 0.3) is 5.91 Å². The Morgan fingerprint density at radius 1 is 1.33 bits per heavy atom. The summed E-state index contributed by atoms with van der Waals surface area (Å²) in [5.41, 5.74) is -0.401. The van der Waals surface area contributed by atoms with E-state index in [0.29, 0.717) is 0 Å². The van der Waals surface area contributed by atoms with Crippen molar-refractivity contribution in [1.82, 2.24) is 4.98 Å². The fourth-order valence-corrected chi connectivity index (χ4v) is 1.60. The largest absolute Gasteiger partial charge is 0.507 e. The molecule has 0 aliphatic rings. The van der Waals surface area contributed by atoms with E-state index in [-0.39, 0.29) is 5.82 Å². The van der Waals surface area contributed by atoms with Crippen LogP contribution in [0.3, 0.4) is 0 Å². The topological polar surface area (TPSA) is 62.2 Å². The first kappa shape index (κ1) is 12.5. The summed E-state index contributed by atoms with van der Waals surface area (Å²) in [6, 6.07) is 6.90. The van der Waals surface area contributed by atoms with Crippen LogP contribution in [0.4, 0.5) is 10.2 Å². The average molecular weight is 311 g/mol. The van der Waals surface area contributed by atoms with Crippen molar-refractivity contribution >= 4 is 27.7 Å². The number of carbonyl (C=O) groups is 1. The van der Waals surface area contributed by atoms with Crippen molar-refractivity contribution in [1.29, 1.82) is 0 Å². The van der Waals surface area contributed by atoms with Gasteiger partial charge < -0.3 is 10.4 Å². The van der Waals surface area contributed by atoms with Crippen molar-refractivity contribution in [2.24, 2.45) is 0 Å². The van der Waals surface area contributed by atoms with Gasteiger partial charge in [-0.2, -0.15) is 0 Å². The molecule has 0 fully saturated rings. The maximum atomic E-state index is 13.4. The smallest absolute Gasteiger partial charge is 0.263 e. The molecule has 1 amide bonds. The molecule has 0 bridgehead atoms. The number of amides is 1. The van der Waals surface area contributed by atoms with Crippen molar-refractivity contribution in [2.45, 2.75) is 0 Å². The van der Waals surface area contributed by atoms with Crippen LogP contribution in [0.5, 0.6) is 5.75 Å². The molecule has 0 spiro atoms. The minimum absolute atomic E-state index is 0.269. The van der Waals surface area contributed by atoms with E-state index in [9.17, 15) is 14.3 Å². The number of hydrogen-bond donors (Lipinski definition) is 2. The maximum Gasteiger partial charge on any atom is 0.263 e. The van der Waals surface area contributed by atoms with Crippen LogP contribution in [-0.2, 0) is 0 Å². The van der Waals surface area contributed by atoms with Crippen LogP contribution >= 0.6 is 15.9 Å². The number of nitrogens with one attached hydrogen (secondary N) is 1. The molecular weight excluding hydrogens is 303 g/mol. The molecule has 0 saturated heterocycles. The Balaban J connectivity index is 2.25. The Morgan fingerprint density at radius 3 is 2.72 bits per heavy atom. The number of aromatic nitrogens is 1. The second-order valence-corrected chi connectivity index (χ2v) is 4.37. The van der Waals surface area contributed by atoms with Crippen molar-refractivity contribution in [3.05, 3.63) is 52.4 Å². The number of pyridine rings is 1. The summed E-state index contributed by atoms with van der Waals surface area (Å²) in [5.74, 6) is -1.68. The van der Waals surface area contributed by atoms with Crippen molar-refractivity contribution in [2.75, 3.05) is 5.32 Å². The van der Waals surface area contributed by atoms with Crippen LogP contribution in [0.25, 0.3) is 0 Å². The standard InChI is InChI=1S/C12H8BrFN2O2/c13-7-4-5-10(15-6-7)16-12(18)11-8(14)2-1-3-9(11)17/h1-6,17H,(H,15,16,18). The van der Waals surface area contributed by atoms with E-state index in [1.807, 2.05) is 0 Å². The van der Waals surface area contributed by atoms with Gasteiger partial charge in [-0.15, -0.1) is 0 Å². The van der Waals surface area contributed by atoms with Crippen molar-refractivity contribution in [3.63, 3.8) is 0 Å². The molecule has 92 valence electrons. The molecule has 1 aromatic heterocycles. The van der Waals surface area contributed by atoms with Gasteiger partial charge in [-0.3, -0.25) is 4.79 Å². The lowest BCUT2D eigenvalue weighted by molar-refractivity contribution is 0.102. The number of nitrogens with zero attached hydrogens (tertiary/aromatic N) is 1. The number of carbonyl (C=O) groups excluding carboxylic acids is 1. The number of benzene rings is 1. The fraction of sp³-hybridized carbons (Fsp3) is 0. The lowest BCUT2D eigenvalue weighted by Crippen LogP contribution is -2.14. The number of aromatic hydroxyl groups is 1. The van der Waals surface area contributed by atoms with Gasteiger partial charge >= 0.3 is 0 Å². The van der Waals surface area contributed by atoms with E-state index in [0.717, 1.165) is 10.5 Å². The van der Waals surface area contributed by atoms with Gasteiger partial charge in [-0.25, -0.2) is 9.37 Å². The number of hydrogen-bond acceptors (Lipinski definition) is 3. The molecule has 1 aromatic carbocycles. The third-order valence-corrected chi connectivity index (χ3v) is 2.66. The van der Waals surface area contributed by atoms with Gasteiger partial charge in [-0.05, 0) is 40.2 Å². The molecule has 0 aliphatic heterocycles. The van der Waals surface area contributed by atoms with Gasteiger partial charge in [0.1, 0.15) is 22.9 Å². The molecule has 18 heavy (non-hydrogen) atoms. The molecule has 2 rings (SSSR count). The second kappa shape index (κ2) is 5.14. The summed E-state index contributed by atoms with van der Waals surface area (Å²) in [6.07, 6.45) is 1.50. The number of phenols is 1. The molecule has 1 heterocycles. The highest BCUT2D eigenvalue weighted by molar-refractivity contribution is 9.10. The van der Waals surface area contributed by atoms with Gasteiger partial charge in [0.2, 0.25) is 0 Å². The lowest BCUT2D eigenvalue weighted by Gasteiger charge is -2.06. The Kier molecular flexibility index (Phi) is 3.57. The average Bonchev–Trinajstić information content (AvgIpc) is 2.32. The van der Waals surface area contributed by atoms with Gasteiger partial charge in [0, 0.05) is 10.7 Å². The fourth-order valence-electron chi connectivity index (χ4n) is 1.37. The van der Waals surface area contributed by atoms with E-state index >= 15 is 0 Å². The number of rotatable bonds is 2. The maximum absolute atomic E-state index is 13.4. The third kappa shape index (κ3) is 2.65. The van der Waals surface area contributed by atoms with E-state index in [4.69, 9.17) is 0 Å². The summed E-state index contributed by atoms with van der Waals surface area (Å²) < 4.78 is 14.2. The molecule has 0 unspecified atom stereocenters. The summed E-state index contributed by atoms with van der Waals surface area (Å²) in [6.45, 7) is 0. The first-order valence-corrected chi connectivity index (χ1v) is 5.77. The zero-order valence-corrected chi connectivity index (χ0v) is 10.6. The molecule has 0 saturated carbocycles. The number of phenolic OH excluding ortho intramolecular Hbond substituents is 1. The van der Waals surface area contributed by atoms with Crippen molar-refractivity contribution in [3.8, 4) is 5.75 Å². The molecule has 6 heteroatoms. The summed E-state index contributed by atoms with van der Waals surface area (Å²) in [7, 11) is 0. The molecule has 0 radical (unpaired) electrons. The van der Waals surface area contributed by atoms with Crippen LogP contribution in [0, 0.1) is 5.82 Å². The van der Waals surface area contributed by atoms with Gasteiger partial charge in [0.05, 0.1) is 0 Å². The first-order valence-electron chi connectivity index (χ1n) is 4.98. The Morgan fingerprint density at radius 2 is 2.11 bits per heavy atom. The number of anilines is 1. The molecule has 4 nitrogen and oxygen atoms in total. The molecule has 0 aliphatic carbocycles. The highest BCUT2D eigenvalue weighted by atomic mass is 79.9. The predicted octanol–water partition coefficient (Wildman–Crippen LogP) is 2.94. The monoisotopic (exact) mass is 310 g/mol. The molecule has 0 atom stereocenters. The van der Waals surface area contributed by atoms with Crippen LogP contribution in [-0.4, -0.2) is 16.0 Å². The molecule has 2 aromatic rings. The minimum atomic E-state index is -0.787. The highest BCUT2D eigenvalue weighted by Crippen LogP contribution is 2.21. The normalized spacial score (nSPS) is 10.1.